The Bertz CT molecular complexity index is 418. The van der Waals surface area contributed by atoms with Gasteiger partial charge in [0.05, 0.1) is 0 Å². The van der Waals surface area contributed by atoms with Gasteiger partial charge >= 0.3 is 0 Å². The molecule has 2 rings (SSSR count). The molecule has 5 nitrogen and oxygen atoms in total. The van der Waals surface area contributed by atoms with E-state index in [1.54, 1.807) is 0 Å². The van der Waals surface area contributed by atoms with E-state index in [9.17, 15) is 4.79 Å². The van der Waals surface area contributed by atoms with E-state index in [0.29, 0.717) is 0 Å². The second-order valence-electron chi connectivity index (χ2n) is 5.62. The van der Waals surface area contributed by atoms with Crippen LogP contribution in [0.15, 0.2) is 0 Å². The minimum Gasteiger partial charge on any atom is -0.346 e. The smallest absolute Gasteiger partial charge is 0.291 e. The van der Waals surface area contributed by atoms with E-state index in [0.717, 1.165) is 30.2 Å². The van der Waals surface area contributed by atoms with E-state index in [-0.39, 0.29) is 23.2 Å². The molecule has 0 saturated carbocycles. The minimum atomic E-state index is -0.168. The van der Waals surface area contributed by atoms with Gasteiger partial charge < -0.3 is 5.32 Å². The van der Waals surface area contributed by atoms with Crippen molar-refractivity contribution in [1.82, 2.24) is 20.5 Å². The summed E-state index contributed by atoms with van der Waals surface area (Å²) in [4.78, 5) is 16.3. The molecule has 100 valence electrons. The molecule has 0 radical (unpaired) electrons. The first kappa shape index (κ1) is 13.4. The average molecular weight is 268 g/mol. The maximum absolute atomic E-state index is 12.0. The van der Waals surface area contributed by atoms with Gasteiger partial charge in [0.15, 0.2) is 0 Å². The molecule has 0 atom stereocenters. The normalized spacial score (nSPS) is 17.7. The van der Waals surface area contributed by atoms with E-state index in [1.165, 1.54) is 0 Å². The van der Waals surface area contributed by atoms with Crippen LogP contribution in [0, 0.1) is 0 Å². The Morgan fingerprint density at radius 1 is 1.39 bits per heavy atom. The number of H-pyrrole nitrogens is 1. The lowest BCUT2D eigenvalue weighted by molar-refractivity contribution is 0.0924. The Kier molecular flexibility index (Phi) is 3.94. The molecule has 0 unspecified atom stereocenters. The van der Waals surface area contributed by atoms with Gasteiger partial charge in [-0.15, -0.1) is 5.10 Å². The van der Waals surface area contributed by atoms with Crippen molar-refractivity contribution in [2.75, 3.05) is 11.5 Å². The highest BCUT2D eigenvalue weighted by Gasteiger charge is 2.23. The summed E-state index contributed by atoms with van der Waals surface area (Å²) in [7, 11) is 0. The van der Waals surface area contributed by atoms with Gasteiger partial charge in [0.25, 0.3) is 5.91 Å². The Morgan fingerprint density at radius 3 is 2.61 bits per heavy atom. The average Bonchev–Trinajstić information content (AvgIpc) is 2.79. The van der Waals surface area contributed by atoms with Gasteiger partial charge in [-0.1, -0.05) is 20.8 Å². The fourth-order valence-electron chi connectivity index (χ4n) is 1.79. The number of carbonyl (C=O) groups is 1. The second-order valence-corrected chi connectivity index (χ2v) is 6.84. The SMILES string of the molecule is CC(C)(C)c1nc(C(=O)NC2CCSCC2)n[nH]1. The zero-order valence-corrected chi connectivity index (χ0v) is 11.9. The summed E-state index contributed by atoms with van der Waals surface area (Å²) >= 11 is 1.94. The number of thioether (sulfide) groups is 1. The number of hydrogen-bond donors (Lipinski definition) is 2. The summed E-state index contributed by atoms with van der Waals surface area (Å²) in [6.07, 6.45) is 2.07. The van der Waals surface area contributed by atoms with Crippen molar-refractivity contribution in [1.29, 1.82) is 0 Å². The molecule has 0 spiro atoms. The maximum atomic E-state index is 12.0. The van der Waals surface area contributed by atoms with Gasteiger partial charge in [0.2, 0.25) is 5.82 Å². The van der Waals surface area contributed by atoms with Crippen molar-refractivity contribution in [2.24, 2.45) is 0 Å². The van der Waals surface area contributed by atoms with E-state index in [2.05, 4.69) is 20.5 Å². The molecule has 1 saturated heterocycles. The second kappa shape index (κ2) is 5.30. The standard InChI is InChI=1S/C12H20N4OS/c1-12(2,3)11-14-9(15-16-11)10(17)13-8-4-6-18-7-5-8/h8H,4-7H2,1-3H3,(H,13,17)(H,14,15,16). The van der Waals surface area contributed by atoms with Crippen LogP contribution in [0.25, 0.3) is 0 Å². The van der Waals surface area contributed by atoms with Gasteiger partial charge in [-0.3, -0.25) is 9.89 Å². The Hall–Kier alpha value is -1.04. The van der Waals surface area contributed by atoms with E-state index >= 15 is 0 Å². The molecule has 0 aliphatic carbocycles. The van der Waals surface area contributed by atoms with Crippen LogP contribution in [0.5, 0.6) is 0 Å². The molecular formula is C12H20N4OS. The zero-order valence-electron chi connectivity index (χ0n) is 11.1. The fraction of sp³-hybridized carbons (Fsp3) is 0.750. The van der Waals surface area contributed by atoms with Crippen LogP contribution >= 0.6 is 11.8 Å². The van der Waals surface area contributed by atoms with Crippen LogP contribution in [0.4, 0.5) is 0 Å². The molecule has 1 aromatic rings. The zero-order chi connectivity index (χ0) is 13.2. The highest BCUT2D eigenvalue weighted by molar-refractivity contribution is 7.99. The number of aromatic amines is 1. The Balaban J connectivity index is 1.98. The lowest BCUT2D eigenvalue weighted by Crippen LogP contribution is -2.37. The highest BCUT2D eigenvalue weighted by Crippen LogP contribution is 2.18. The number of nitrogens with zero attached hydrogens (tertiary/aromatic N) is 2. The van der Waals surface area contributed by atoms with Crippen molar-refractivity contribution in [3.63, 3.8) is 0 Å². The molecule has 18 heavy (non-hydrogen) atoms. The molecule has 1 aromatic heterocycles. The van der Waals surface area contributed by atoms with Crippen molar-refractivity contribution in [3.8, 4) is 0 Å². The van der Waals surface area contributed by atoms with Crippen LogP contribution in [-0.4, -0.2) is 38.6 Å². The monoisotopic (exact) mass is 268 g/mol. The number of rotatable bonds is 2. The molecule has 1 aliphatic heterocycles. The first-order valence-electron chi connectivity index (χ1n) is 6.28. The van der Waals surface area contributed by atoms with Gasteiger partial charge in [0, 0.05) is 11.5 Å². The molecule has 0 bridgehead atoms. The highest BCUT2D eigenvalue weighted by atomic mass is 32.2. The molecule has 1 aliphatic rings. The predicted octanol–water partition coefficient (Wildman–Crippen LogP) is 1.73. The molecule has 2 heterocycles. The van der Waals surface area contributed by atoms with Crippen LogP contribution in [-0.2, 0) is 5.41 Å². The van der Waals surface area contributed by atoms with Gasteiger partial charge in [-0.05, 0) is 24.3 Å². The van der Waals surface area contributed by atoms with Crippen LogP contribution in [0.2, 0.25) is 0 Å². The van der Waals surface area contributed by atoms with Gasteiger partial charge in [-0.25, -0.2) is 4.98 Å². The molecule has 1 fully saturated rings. The quantitative estimate of drug-likeness (QED) is 0.857. The van der Waals surface area contributed by atoms with Crippen LogP contribution < -0.4 is 5.32 Å². The third-order valence-electron chi connectivity index (χ3n) is 2.96. The largest absolute Gasteiger partial charge is 0.346 e. The summed E-state index contributed by atoms with van der Waals surface area (Å²) in [6, 6.07) is 0.273. The summed E-state index contributed by atoms with van der Waals surface area (Å²) in [5.74, 6) is 3.06. The van der Waals surface area contributed by atoms with Crippen molar-refractivity contribution in [2.45, 2.75) is 45.1 Å². The van der Waals surface area contributed by atoms with E-state index in [1.807, 2.05) is 32.5 Å². The lowest BCUT2D eigenvalue weighted by Gasteiger charge is -2.21. The first-order chi connectivity index (χ1) is 8.47. The molecule has 6 heteroatoms. The molecule has 2 N–H and O–H groups in total. The number of carbonyl (C=O) groups excluding carboxylic acids is 1. The Morgan fingerprint density at radius 2 is 2.06 bits per heavy atom. The fourth-order valence-corrected chi connectivity index (χ4v) is 2.90. The molecular weight excluding hydrogens is 248 g/mol. The third-order valence-corrected chi connectivity index (χ3v) is 4.00. The van der Waals surface area contributed by atoms with Crippen molar-refractivity contribution >= 4 is 17.7 Å². The summed E-state index contributed by atoms with van der Waals surface area (Å²) in [6.45, 7) is 6.11. The van der Waals surface area contributed by atoms with Crippen LogP contribution in [0.1, 0.15) is 50.1 Å². The van der Waals surface area contributed by atoms with E-state index in [4.69, 9.17) is 0 Å². The number of hydrogen-bond acceptors (Lipinski definition) is 4. The minimum absolute atomic E-state index is 0.118. The topological polar surface area (TPSA) is 70.7 Å². The van der Waals surface area contributed by atoms with Gasteiger partial charge in [-0.2, -0.15) is 11.8 Å². The van der Waals surface area contributed by atoms with E-state index < -0.39 is 0 Å². The lowest BCUT2D eigenvalue weighted by atomic mass is 9.96. The molecule has 0 aromatic carbocycles. The number of aromatic nitrogens is 3. The maximum Gasteiger partial charge on any atom is 0.291 e. The first-order valence-corrected chi connectivity index (χ1v) is 7.44. The van der Waals surface area contributed by atoms with Crippen molar-refractivity contribution < 1.29 is 4.79 Å². The Labute approximate surface area is 112 Å². The van der Waals surface area contributed by atoms with Crippen molar-refractivity contribution in [3.05, 3.63) is 11.6 Å². The van der Waals surface area contributed by atoms with Gasteiger partial charge in [0.1, 0.15) is 5.82 Å². The van der Waals surface area contributed by atoms with Crippen LogP contribution in [0.3, 0.4) is 0 Å². The number of nitrogens with one attached hydrogen (secondary N) is 2. The molecule has 1 amide bonds. The number of amides is 1. The summed E-state index contributed by atoms with van der Waals surface area (Å²) in [5.41, 5.74) is -0.118. The predicted molar refractivity (Wildman–Crippen MR) is 72.9 cm³/mol. The third kappa shape index (κ3) is 3.25. The summed E-state index contributed by atoms with van der Waals surface area (Å²) in [5, 5.41) is 9.84. The summed E-state index contributed by atoms with van der Waals surface area (Å²) < 4.78 is 0.